The lowest BCUT2D eigenvalue weighted by molar-refractivity contribution is 1.38. The van der Waals surface area contributed by atoms with Gasteiger partial charge in [-0.05, 0) is 59.0 Å². The number of aryl methyl sites for hydroxylation is 3. The first-order valence-corrected chi connectivity index (χ1v) is 6.07. The molecule has 0 amide bonds. The summed E-state index contributed by atoms with van der Waals surface area (Å²) in [5.74, 6) is 0. The van der Waals surface area contributed by atoms with Crippen molar-refractivity contribution in [1.29, 1.82) is 0 Å². The molecule has 0 bridgehead atoms. The lowest BCUT2D eigenvalue weighted by Crippen LogP contribution is -1.87. The van der Waals surface area contributed by atoms with Gasteiger partial charge in [-0.2, -0.15) is 0 Å². The molecule has 3 rings (SSSR count). The van der Waals surface area contributed by atoms with Crippen LogP contribution in [0.2, 0.25) is 0 Å². The van der Waals surface area contributed by atoms with Crippen molar-refractivity contribution >= 4 is 21.5 Å². The molecule has 17 heavy (non-hydrogen) atoms. The molecule has 0 saturated carbocycles. The van der Waals surface area contributed by atoms with Crippen LogP contribution in [0.1, 0.15) is 16.7 Å². The molecule has 0 heteroatoms. The lowest BCUT2D eigenvalue weighted by Gasteiger charge is -2.11. The largest absolute Gasteiger partial charge is 0.0614 e. The Morgan fingerprint density at radius 3 is 2.00 bits per heavy atom. The average Bonchev–Trinajstić information content (AvgIpc) is 2.34. The van der Waals surface area contributed by atoms with Crippen molar-refractivity contribution in [1.82, 2.24) is 0 Å². The first kappa shape index (κ1) is 10.3. The minimum absolute atomic E-state index is 1.34. The minimum Gasteiger partial charge on any atom is -0.0614 e. The van der Waals surface area contributed by atoms with Crippen molar-refractivity contribution in [2.75, 3.05) is 0 Å². The van der Waals surface area contributed by atoms with E-state index in [1.54, 1.807) is 0 Å². The number of benzene rings is 3. The van der Waals surface area contributed by atoms with Crippen molar-refractivity contribution in [3.8, 4) is 0 Å². The lowest BCUT2D eigenvalue weighted by atomic mass is 9.93. The van der Waals surface area contributed by atoms with Crippen LogP contribution in [0, 0.1) is 20.8 Å². The molecular weight excluding hydrogens is 204 g/mol. The molecule has 84 valence electrons. The van der Waals surface area contributed by atoms with E-state index < -0.39 is 0 Å². The van der Waals surface area contributed by atoms with Gasteiger partial charge in [0.1, 0.15) is 0 Å². The quantitative estimate of drug-likeness (QED) is 0.472. The zero-order chi connectivity index (χ0) is 12.0. The molecule has 0 aliphatic carbocycles. The van der Waals surface area contributed by atoms with E-state index in [1.807, 2.05) is 0 Å². The van der Waals surface area contributed by atoms with Gasteiger partial charge in [-0.25, -0.2) is 0 Å². The van der Waals surface area contributed by atoms with Gasteiger partial charge in [-0.3, -0.25) is 0 Å². The molecule has 0 spiro atoms. The van der Waals surface area contributed by atoms with Crippen molar-refractivity contribution < 1.29 is 0 Å². The third kappa shape index (κ3) is 1.44. The van der Waals surface area contributed by atoms with Crippen LogP contribution in [0.3, 0.4) is 0 Å². The molecule has 0 fully saturated rings. The Morgan fingerprint density at radius 1 is 0.588 bits per heavy atom. The Bertz CT molecular complexity index is 721. The zero-order valence-electron chi connectivity index (χ0n) is 10.5. The summed E-state index contributed by atoms with van der Waals surface area (Å²) in [5.41, 5.74) is 4.14. The van der Waals surface area contributed by atoms with E-state index in [-0.39, 0.29) is 0 Å². The Morgan fingerprint density at radius 2 is 1.24 bits per heavy atom. The highest BCUT2D eigenvalue weighted by atomic mass is 14.1. The second-order valence-corrected chi connectivity index (χ2v) is 4.84. The van der Waals surface area contributed by atoms with Crippen LogP contribution in [0.5, 0.6) is 0 Å². The fraction of sp³-hybridized carbons (Fsp3) is 0.176. The van der Waals surface area contributed by atoms with Crippen LogP contribution in [0.15, 0.2) is 42.5 Å². The molecule has 0 nitrogen and oxygen atoms in total. The summed E-state index contributed by atoms with van der Waals surface area (Å²) in [6.07, 6.45) is 0. The normalized spacial score (nSPS) is 11.2. The third-order valence-electron chi connectivity index (χ3n) is 3.77. The Hall–Kier alpha value is -1.82. The number of hydrogen-bond donors (Lipinski definition) is 0. The Balaban J connectivity index is 2.67. The maximum absolute atomic E-state index is 2.23. The Kier molecular flexibility index (Phi) is 2.19. The summed E-state index contributed by atoms with van der Waals surface area (Å²) in [6, 6.07) is 15.4. The van der Waals surface area contributed by atoms with E-state index in [0.29, 0.717) is 0 Å². The van der Waals surface area contributed by atoms with E-state index in [4.69, 9.17) is 0 Å². The van der Waals surface area contributed by atoms with Crippen LogP contribution in [-0.4, -0.2) is 0 Å². The van der Waals surface area contributed by atoms with Gasteiger partial charge in [-0.15, -0.1) is 0 Å². The van der Waals surface area contributed by atoms with Crippen LogP contribution in [0.4, 0.5) is 0 Å². The van der Waals surface area contributed by atoms with E-state index in [1.165, 1.54) is 38.2 Å². The summed E-state index contributed by atoms with van der Waals surface area (Å²) in [5, 5.41) is 5.51. The second kappa shape index (κ2) is 3.59. The molecule has 0 heterocycles. The fourth-order valence-corrected chi connectivity index (χ4v) is 2.66. The maximum atomic E-state index is 2.23. The van der Waals surface area contributed by atoms with E-state index in [2.05, 4.69) is 63.2 Å². The van der Waals surface area contributed by atoms with Gasteiger partial charge in [0.2, 0.25) is 0 Å². The molecule has 0 N–H and O–H groups in total. The van der Waals surface area contributed by atoms with Crippen LogP contribution < -0.4 is 0 Å². The topological polar surface area (TPSA) is 0 Å². The van der Waals surface area contributed by atoms with Crippen molar-refractivity contribution in [2.45, 2.75) is 20.8 Å². The van der Waals surface area contributed by atoms with Gasteiger partial charge in [0.05, 0.1) is 0 Å². The van der Waals surface area contributed by atoms with Gasteiger partial charge in [0.15, 0.2) is 0 Å². The first-order chi connectivity index (χ1) is 8.18. The highest BCUT2D eigenvalue weighted by Crippen LogP contribution is 2.31. The molecule has 0 unspecified atom stereocenters. The van der Waals surface area contributed by atoms with Crippen molar-refractivity contribution in [2.24, 2.45) is 0 Å². The van der Waals surface area contributed by atoms with Crippen LogP contribution in [0.25, 0.3) is 21.5 Å². The Labute approximate surface area is 102 Å². The first-order valence-electron chi connectivity index (χ1n) is 6.07. The van der Waals surface area contributed by atoms with Gasteiger partial charge < -0.3 is 0 Å². The third-order valence-corrected chi connectivity index (χ3v) is 3.77. The van der Waals surface area contributed by atoms with Gasteiger partial charge in [0.25, 0.3) is 0 Å². The summed E-state index contributed by atoms with van der Waals surface area (Å²) >= 11 is 0. The predicted molar refractivity (Wildman–Crippen MR) is 75.7 cm³/mol. The van der Waals surface area contributed by atoms with Gasteiger partial charge in [-0.1, -0.05) is 42.5 Å². The summed E-state index contributed by atoms with van der Waals surface area (Å²) in [4.78, 5) is 0. The summed E-state index contributed by atoms with van der Waals surface area (Å²) < 4.78 is 0. The van der Waals surface area contributed by atoms with Crippen LogP contribution in [-0.2, 0) is 0 Å². The van der Waals surface area contributed by atoms with Gasteiger partial charge >= 0.3 is 0 Å². The van der Waals surface area contributed by atoms with Crippen molar-refractivity contribution in [3.05, 3.63) is 59.2 Å². The molecule has 0 aliphatic rings. The van der Waals surface area contributed by atoms with Crippen molar-refractivity contribution in [3.63, 3.8) is 0 Å². The number of hydrogen-bond acceptors (Lipinski definition) is 0. The molecular formula is C17H16. The van der Waals surface area contributed by atoms with E-state index in [9.17, 15) is 0 Å². The monoisotopic (exact) mass is 220 g/mol. The zero-order valence-corrected chi connectivity index (χ0v) is 10.5. The maximum Gasteiger partial charge on any atom is -0.00708 e. The molecule has 0 saturated heterocycles. The molecule has 3 aromatic rings. The summed E-state index contributed by atoms with van der Waals surface area (Å²) in [7, 11) is 0. The highest BCUT2D eigenvalue weighted by Gasteiger charge is 2.06. The molecule has 3 aromatic carbocycles. The SMILES string of the molecule is Cc1ccc2ccc3cccc(C)c3c2c1C. The second-order valence-electron chi connectivity index (χ2n) is 4.84. The standard InChI is InChI=1S/C17H16/c1-11-7-8-15-10-9-14-6-4-5-12(2)16(14)17(15)13(11)3/h4-10H,1-3H3. The summed E-state index contributed by atoms with van der Waals surface area (Å²) in [6.45, 7) is 6.61. The highest BCUT2D eigenvalue weighted by molar-refractivity contribution is 6.10. The molecule has 0 aromatic heterocycles. The number of fused-ring (bicyclic) bond motifs is 3. The molecule has 0 radical (unpaired) electrons. The van der Waals surface area contributed by atoms with E-state index in [0.717, 1.165) is 0 Å². The minimum atomic E-state index is 1.34. The molecule has 0 atom stereocenters. The van der Waals surface area contributed by atoms with Gasteiger partial charge in [0, 0.05) is 0 Å². The predicted octanol–water partition coefficient (Wildman–Crippen LogP) is 4.92. The number of rotatable bonds is 0. The molecule has 0 aliphatic heterocycles. The van der Waals surface area contributed by atoms with Crippen LogP contribution >= 0.6 is 0 Å². The average molecular weight is 220 g/mol. The fourth-order valence-electron chi connectivity index (χ4n) is 2.66. The van der Waals surface area contributed by atoms with E-state index >= 15 is 0 Å². The smallest absolute Gasteiger partial charge is 0.00708 e.